The molecule has 2 N–H and O–H groups in total. The average Bonchev–Trinajstić information content (AvgIpc) is 2.64. The second kappa shape index (κ2) is 9.97. The van der Waals surface area contributed by atoms with Gasteiger partial charge in [0.1, 0.15) is 5.75 Å². The van der Waals surface area contributed by atoms with E-state index in [1.54, 1.807) is 19.1 Å². The normalized spacial score (nSPS) is 12.7. The molecule has 0 aromatic heterocycles. The van der Waals surface area contributed by atoms with Crippen molar-refractivity contribution >= 4 is 27.7 Å². The lowest BCUT2D eigenvalue weighted by molar-refractivity contribution is -0.133. The number of nitrogens with one attached hydrogen (secondary N) is 2. The van der Waals surface area contributed by atoms with Gasteiger partial charge in [0.05, 0.1) is 5.92 Å². The fraction of sp³-hybridized carbons (Fsp3) is 0.300. The third kappa shape index (κ3) is 5.88. The highest BCUT2D eigenvalue weighted by atomic mass is 79.9. The van der Waals surface area contributed by atoms with E-state index in [-0.39, 0.29) is 11.8 Å². The zero-order valence-electron chi connectivity index (χ0n) is 14.9. The van der Waals surface area contributed by atoms with Crippen LogP contribution in [0.5, 0.6) is 5.75 Å². The van der Waals surface area contributed by atoms with Crippen molar-refractivity contribution in [1.29, 1.82) is 0 Å². The number of carbonyl (C=O) groups excluding carboxylic acids is 2. The first kappa shape index (κ1) is 20.0. The van der Waals surface area contributed by atoms with Gasteiger partial charge in [-0.25, -0.2) is 0 Å². The summed E-state index contributed by atoms with van der Waals surface area (Å²) < 4.78 is 6.45. The van der Waals surface area contributed by atoms with Crippen LogP contribution < -0.4 is 15.6 Å². The predicted octanol–water partition coefficient (Wildman–Crippen LogP) is 3.95. The standard InChI is InChI=1S/C20H23BrN2O3/c1-3-8-18(15-9-5-4-6-10-15)20(25)23-22-19(24)14(2)26-17-12-7-11-16(21)13-17/h4-7,9-14,18H,3,8H2,1-2H3,(H,22,24)(H,23,25)/t14-,18-/m1/s1. The minimum atomic E-state index is -0.744. The van der Waals surface area contributed by atoms with E-state index < -0.39 is 12.0 Å². The molecule has 0 fully saturated rings. The quantitative estimate of drug-likeness (QED) is 0.668. The number of amides is 2. The van der Waals surface area contributed by atoms with Gasteiger partial charge in [-0.2, -0.15) is 0 Å². The van der Waals surface area contributed by atoms with E-state index >= 15 is 0 Å². The van der Waals surface area contributed by atoms with Crippen LogP contribution in [-0.4, -0.2) is 17.9 Å². The van der Waals surface area contributed by atoms with Gasteiger partial charge in [0.2, 0.25) is 5.91 Å². The Balaban J connectivity index is 1.91. The fourth-order valence-corrected chi connectivity index (χ4v) is 2.91. The summed E-state index contributed by atoms with van der Waals surface area (Å²) in [7, 11) is 0. The minimum Gasteiger partial charge on any atom is -0.481 e. The number of rotatable bonds is 7. The molecule has 5 nitrogen and oxygen atoms in total. The van der Waals surface area contributed by atoms with Crippen molar-refractivity contribution in [1.82, 2.24) is 10.9 Å². The first-order valence-corrected chi connectivity index (χ1v) is 9.37. The van der Waals surface area contributed by atoms with E-state index in [1.165, 1.54) is 0 Å². The largest absolute Gasteiger partial charge is 0.481 e. The van der Waals surface area contributed by atoms with Gasteiger partial charge in [-0.05, 0) is 37.1 Å². The first-order chi connectivity index (χ1) is 12.5. The van der Waals surface area contributed by atoms with Crippen molar-refractivity contribution in [3.63, 3.8) is 0 Å². The third-order valence-electron chi connectivity index (χ3n) is 3.88. The molecule has 0 aliphatic carbocycles. The molecule has 2 aromatic rings. The molecule has 2 aromatic carbocycles. The topological polar surface area (TPSA) is 67.4 Å². The highest BCUT2D eigenvalue weighted by Crippen LogP contribution is 2.21. The van der Waals surface area contributed by atoms with E-state index in [0.29, 0.717) is 12.2 Å². The molecule has 0 saturated heterocycles. The summed E-state index contributed by atoms with van der Waals surface area (Å²) >= 11 is 3.35. The summed E-state index contributed by atoms with van der Waals surface area (Å²) in [5, 5.41) is 0. The summed E-state index contributed by atoms with van der Waals surface area (Å²) in [6.45, 7) is 3.65. The van der Waals surface area contributed by atoms with Crippen LogP contribution >= 0.6 is 15.9 Å². The van der Waals surface area contributed by atoms with Gasteiger partial charge in [0.25, 0.3) is 5.91 Å². The lowest BCUT2D eigenvalue weighted by Crippen LogP contribution is -2.48. The van der Waals surface area contributed by atoms with Crippen LogP contribution in [0.25, 0.3) is 0 Å². The SMILES string of the molecule is CCC[C@@H](C(=O)NNC(=O)[C@@H](C)Oc1cccc(Br)c1)c1ccccc1. The molecule has 0 aliphatic heterocycles. The van der Waals surface area contributed by atoms with Crippen LogP contribution in [-0.2, 0) is 9.59 Å². The van der Waals surface area contributed by atoms with E-state index in [0.717, 1.165) is 16.5 Å². The molecule has 26 heavy (non-hydrogen) atoms. The molecule has 6 heteroatoms. The molecular weight excluding hydrogens is 396 g/mol. The number of benzene rings is 2. The molecule has 0 spiro atoms. The van der Waals surface area contributed by atoms with Gasteiger partial charge in [0.15, 0.2) is 6.10 Å². The molecule has 0 saturated carbocycles. The van der Waals surface area contributed by atoms with Gasteiger partial charge in [-0.3, -0.25) is 20.4 Å². The minimum absolute atomic E-state index is 0.235. The lowest BCUT2D eigenvalue weighted by atomic mass is 9.94. The Bertz CT molecular complexity index is 737. The molecule has 138 valence electrons. The van der Waals surface area contributed by atoms with Crippen molar-refractivity contribution in [2.24, 2.45) is 0 Å². The zero-order chi connectivity index (χ0) is 18.9. The van der Waals surface area contributed by atoms with E-state index in [1.807, 2.05) is 49.4 Å². The molecular formula is C20H23BrN2O3. The number of carbonyl (C=O) groups is 2. The monoisotopic (exact) mass is 418 g/mol. The lowest BCUT2D eigenvalue weighted by Gasteiger charge is -2.19. The maximum Gasteiger partial charge on any atom is 0.279 e. The van der Waals surface area contributed by atoms with E-state index in [2.05, 4.69) is 26.8 Å². The number of ether oxygens (including phenoxy) is 1. The summed E-state index contributed by atoms with van der Waals surface area (Å²) in [4.78, 5) is 24.7. The molecule has 2 amide bonds. The van der Waals surface area contributed by atoms with Crippen LogP contribution in [0, 0.1) is 0 Å². The summed E-state index contributed by atoms with van der Waals surface area (Å²) in [5.41, 5.74) is 5.90. The molecule has 0 heterocycles. The zero-order valence-corrected chi connectivity index (χ0v) is 16.5. The predicted molar refractivity (Wildman–Crippen MR) is 105 cm³/mol. The van der Waals surface area contributed by atoms with Crippen molar-refractivity contribution in [2.45, 2.75) is 38.7 Å². The molecule has 2 rings (SSSR count). The van der Waals surface area contributed by atoms with Crippen molar-refractivity contribution in [3.05, 3.63) is 64.6 Å². The van der Waals surface area contributed by atoms with E-state index in [9.17, 15) is 9.59 Å². The Morgan fingerprint density at radius 1 is 1.04 bits per heavy atom. The number of hydrogen-bond donors (Lipinski definition) is 2. The van der Waals surface area contributed by atoms with Gasteiger partial charge >= 0.3 is 0 Å². The Morgan fingerprint density at radius 3 is 2.38 bits per heavy atom. The number of halogens is 1. The molecule has 0 radical (unpaired) electrons. The average molecular weight is 419 g/mol. The molecule has 2 atom stereocenters. The summed E-state index contributed by atoms with van der Waals surface area (Å²) in [6, 6.07) is 16.8. The maximum atomic E-state index is 12.5. The Labute approximate surface area is 162 Å². The molecule has 0 unspecified atom stereocenters. The third-order valence-corrected chi connectivity index (χ3v) is 4.38. The fourth-order valence-electron chi connectivity index (χ4n) is 2.53. The Hall–Kier alpha value is -2.34. The first-order valence-electron chi connectivity index (χ1n) is 8.58. The molecule has 0 bridgehead atoms. The van der Waals surface area contributed by atoms with Crippen molar-refractivity contribution in [2.75, 3.05) is 0 Å². The van der Waals surface area contributed by atoms with Crippen LogP contribution in [0.15, 0.2) is 59.1 Å². The van der Waals surface area contributed by atoms with Crippen LogP contribution in [0.2, 0.25) is 0 Å². The van der Waals surface area contributed by atoms with E-state index in [4.69, 9.17) is 4.74 Å². The smallest absolute Gasteiger partial charge is 0.279 e. The number of hydrazine groups is 1. The van der Waals surface area contributed by atoms with Gasteiger partial charge < -0.3 is 4.74 Å². The van der Waals surface area contributed by atoms with Crippen LogP contribution in [0.4, 0.5) is 0 Å². The maximum absolute atomic E-state index is 12.5. The number of hydrogen-bond acceptors (Lipinski definition) is 3. The summed E-state index contributed by atoms with van der Waals surface area (Å²) in [5.74, 6) is -0.382. The van der Waals surface area contributed by atoms with Gasteiger partial charge in [0, 0.05) is 4.47 Å². The van der Waals surface area contributed by atoms with Crippen LogP contribution in [0.3, 0.4) is 0 Å². The van der Waals surface area contributed by atoms with Gasteiger partial charge in [-0.15, -0.1) is 0 Å². The van der Waals surface area contributed by atoms with Crippen LogP contribution in [0.1, 0.15) is 38.2 Å². The Kier molecular flexibility index (Phi) is 7.66. The highest BCUT2D eigenvalue weighted by Gasteiger charge is 2.21. The van der Waals surface area contributed by atoms with Crippen molar-refractivity contribution in [3.8, 4) is 5.75 Å². The second-order valence-corrected chi connectivity index (χ2v) is 6.86. The molecule has 0 aliphatic rings. The van der Waals surface area contributed by atoms with Crippen molar-refractivity contribution < 1.29 is 14.3 Å². The summed E-state index contributed by atoms with van der Waals surface area (Å²) in [6.07, 6.45) is 0.824. The van der Waals surface area contributed by atoms with Gasteiger partial charge in [-0.1, -0.05) is 65.7 Å². The highest BCUT2D eigenvalue weighted by molar-refractivity contribution is 9.10. The second-order valence-electron chi connectivity index (χ2n) is 5.95. The Morgan fingerprint density at radius 2 is 1.73 bits per heavy atom.